The van der Waals surface area contributed by atoms with Crippen molar-refractivity contribution < 1.29 is 14.0 Å². The summed E-state index contributed by atoms with van der Waals surface area (Å²) in [7, 11) is 0. The van der Waals surface area contributed by atoms with Crippen LogP contribution in [0.4, 0.5) is 0 Å². The lowest BCUT2D eigenvalue weighted by Gasteiger charge is -2.12. The van der Waals surface area contributed by atoms with Crippen molar-refractivity contribution in [2.45, 2.75) is 0 Å². The normalized spacial score (nSPS) is 19.1. The van der Waals surface area contributed by atoms with E-state index >= 15 is 0 Å². The van der Waals surface area contributed by atoms with Crippen LogP contribution in [0.3, 0.4) is 0 Å². The molecule has 0 saturated heterocycles. The maximum absolute atomic E-state index is 11.6. The van der Waals surface area contributed by atoms with E-state index in [1.165, 1.54) is 6.08 Å². The molecule has 2 heterocycles. The topological polar surface area (TPSA) is 71.3 Å². The van der Waals surface area contributed by atoms with Gasteiger partial charge in [0, 0.05) is 24.6 Å². The Balaban J connectivity index is 2.03. The van der Waals surface area contributed by atoms with Crippen molar-refractivity contribution in [3.8, 4) is 0 Å². The Morgan fingerprint density at radius 3 is 2.68 bits per heavy atom. The molecule has 2 aromatic rings. The smallest absolute Gasteiger partial charge is 0.291 e. The van der Waals surface area contributed by atoms with Gasteiger partial charge in [-0.05, 0) is 12.1 Å². The van der Waals surface area contributed by atoms with E-state index in [1.54, 1.807) is 0 Å². The van der Waals surface area contributed by atoms with Crippen LogP contribution in [-0.2, 0) is 9.59 Å². The van der Waals surface area contributed by atoms with Crippen molar-refractivity contribution in [3.63, 3.8) is 0 Å². The maximum atomic E-state index is 11.6. The van der Waals surface area contributed by atoms with Crippen molar-refractivity contribution >= 4 is 28.4 Å². The highest BCUT2D eigenvalue weighted by atomic mass is 16.3. The number of hydrogen-bond acceptors (Lipinski definition) is 4. The van der Waals surface area contributed by atoms with Gasteiger partial charge in [-0.1, -0.05) is 18.2 Å². The second kappa shape index (κ2) is 4.61. The molecule has 1 aromatic heterocycles. The van der Waals surface area contributed by atoms with E-state index in [0.717, 1.165) is 11.0 Å². The number of amides is 1. The summed E-state index contributed by atoms with van der Waals surface area (Å²) in [6.07, 6.45) is 1.27. The summed E-state index contributed by atoms with van der Waals surface area (Å²) in [5, 5.41) is 6.55. The molecule has 0 fully saturated rings. The van der Waals surface area contributed by atoms with Gasteiger partial charge in [-0.25, -0.2) is 0 Å². The molecule has 1 aliphatic rings. The Morgan fingerprint density at radius 2 is 1.84 bits per heavy atom. The highest BCUT2D eigenvalue weighted by Gasteiger charge is 2.17. The van der Waals surface area contributed by atoms with E-state index in [2.05, 4.69) is 10.6 Å². The number of rotatable bonds is 1. The van der Waals surface area contributed by atoms with Gasteiger partial charge in [0.1, 0.15) is 5.58 Å². The molecule has 96 valence electrons. The molecular formula is C14H12N2O3. The van der Waals surface area contributed by atoms with Crippen LogP contribution < -0.4 is 10.6 Å². The largest absolute Gasteiger partial charge is 0.455 e. The maximum Gasteiger partial charge on any atom is 0.291 e. The minimum atomic E-state index is -0.588. The molecule has 0 aliphatic carbocycles. The fourth-order valence-corrected chi connectivity index (χ4v) is 1.98. The number of fused-ring (bicyclic) bond motifs is 1. The van der Waals surface area contributed by atoms with Crippen LogP contribution in [0.15, 0.2) is 40.8 Å². The Labute approximate surface area is 109 Å². The molecule has 19 heavy (non-hydrogen) atoms. The number of carbonyl (C=O) groups is 2. The van der Waals surface area contributed by atoms with Gasteiger partial charge in [0.25, 0.3) is 5.91 Å². The summed E-state index contributed by atoms with van der Waals surface area (Å²) >= 11 is 0. The zero-order valence-electron chi connectivity index (χ0n) is 10.1. The van der Waals surface area contributed by atoms with Crippen LogP contribution in [0.25, 0.3) is 16.7 Å². The molecule has 0 unspecified atom stereocenters. The third-order valence-electron chi connectivity index (χ3n) is 2.92. The number of carbonyl (C=O) groups excluding carboxylic acids is 2. The monoisotopic (exact) mass is 256 g/mol. The number of hydrogen-bond donors (Lipinski definition) is 2. The fraction of sp³-hybridized carbons (Fsp3) is 0.143. The zero-order chi connectivity index (χ0) is 13.2. The SMILES string of the molecule is O=C1/C=C(/c2cc3ccccc3o2)NCCNC1=O. The van der Waals surface area contributed by atoms with E-state index in [0.29, 0.717) is 24.5 Å². The van der Waals surface area contributed by atoms with E-state index in [4.69, 9.17) is 4.42 Å². The lowest BCUT2D eigenvalue weighted by Crippen LogP contribution is -2.37. The van der Waals surface area contributed by atoms with Crippen LogP contribution in [-0.4, -0.2) is 24.8 Å². The first-order chi connectivity index (χ1) is 9.24. The molecule has 5 nitrogen and oxygen atoms in total. The van der Waals surface area contributed by atoms with Gasteiger partial charge in [0.15, 0.2) is 5.76 Å². The van der Waals surface area contributed by atoms with Crippen molar-refractivity contribution in [2.24, 2.45) is 0 Å². The molecular weight excluding hydrogens is 244 g/mol. The average molecular weight is 256 g/mol. The summed E-state index contributed by atoms with van der Waals surface area (Å²) in [5.74, 6) is -0.609. The Bertz CT molecular complexity index is 652. The van der Waals surface area contributed by atoms with Crippen molar-refractivity contribution in [2.75, 3.05) is 13.1 Å². The zero-order valence-corrected chi connectivity index (χ0v) is 10.1. The Kier molecular flexibility index (Phi) is 2.79. The van der Waals surface area contributed by atoms with Gasteiger partial charge >= 0.3 is 0 Å². The number of furan rings is 1. The summed E-state index contributed by atoms with van der Waals surface area (Å²) in [6, 6.07) is 9.44. The molecule has 5 heteroatoms. The van der Waals surface area contributed by atoms with Gasteiger partial charge < -0.3 is 15.1 Å². The molecule has 1 aromatic carbocycles. The minimum Gasteiger partial charge on any atom is -0.455 e. The van der Waals surface area contributed by atoms with Crippen molar-refractivity contribution in [1.82, 2.24) is 10.6 Å². The van der Waals surface area contributed by atoms with E-state index < -0.39 is 11.7 Å². The third-order valence-corrected chi connectivity index (χ3v) is 2.92. The molecule has 1 aliphatic heterocycles. The van der Waals surface area contributed by atoms with Crippen LogP contribution in [0, 0.1) is 0 Å². The van der Waals surface area contributed by atoms with Crippen LogP contribution in [0.5, 0.6) is 0 Å². The molecule has 0 atom stereocenters. The second-order valence-corrected chi connectivity index (χ2v) is 4.25. The molecule has 3 rings (SSSR count). The third kappa shape index (κ3) is 2.22. The summed E-state index contributed by atoms with van der Waals surface area (Å²) < 4.78 is 5.67. The predicted molar refractivity (Wildman–Crippen MR) is 70.2 cm³/mol. The minimum absolute atomic E-state index is 0.405. The second-order valence-electron chi connectivity index (χ2n) is 4.25. The lowest BCUT2D eigenvalue weighted by atomic mass is 10.2. The van der Waals surface area contributed by atoms with Gasteiger partial charge in [0.2, 0.25) is 5.78 Å². The quantitative estimate of drug-likeness (QED) is 0.748. The predicted octanol–water partition coefficient (Wildman–Crippen LogP) is 1.06. The van der Waals surface area contributed by atoms with Gasteiger partial charge in [-0.3, -0.25) is 9.59 Å². The molecule has 0 saturated carbocycles. The van der Waals surface area contributed by atoms with E-state index in [9.17, 15) is 9.59 Å². The highest BCUT2D eigenvalue weighted by molar-refractivity contribution is 6.41. The summed E-state index contributed by atoms with van der Waals surface area (Å²) in [5.41, 5.74) is 1.29. The molecule has 0 radical (unpaired) electrons. The standard InChI is InChI=1S/C14H12N2O3/c17-11-8-10(15-5-6-16-14(11)18)13-7-9-3-1-2-4-12(9)19-13/h1-4,7-8,15H,5-6H2,(H,16,18)/b10-8-. The van der Waals surface area contributed by atoms with Crippen molar-refractivity contribution in [1.29, 1.82) is 0 Å². The fourth-order valence-electron chi connectivity index (χ4n) is 1.98. The molecule has 2 N–H and O–H groups in total. The van der Waals surface area contributed by atoms with E-state index in [1.807, 2.05) is 30.3 Å². The first kappa shape index (κ1) is 11.5. The van der Waals surface area contributed by atoms with Gasteiger partial charge in [-0.2, -0.15) is 0 Å². The molecule has 1 amide bonds. The first-order valence-electron chi connectivity index (χ1n) is 6.01. The lowest BCUT2D eigenvalue weighted by molar-refractivity contribution is -0.135. The number of nitrogens with one attached hydrogen (secondary N) is 2. The Morgan fingerprint density at radius 1 is 1.05 bits per heavy atom. The molecule has 0 bridgehead atoms. The van der Waals surface area contributed by atoms with Crippen LogP contribution in [0.1, 0.15) is 5.76 Å². The average Bonchev–Trinajstić information content (AvgIpc) is 2.83. The van der Waals surface area contributed by atoms with Gasteiger partial charge in [-0.15, -0.1) is 0 Å². The van der Waals surface area contributed by atoms with Crippen LogP contribution in [0.2, 0.25) is 0 Å². The summed E-state index contributed by atoms with van der Waals surface area (Å²) in [4.78, 5) is 22.9. The van der Waals surface area contributed by atoms with Crippen LogP contribution >= 0.6 is 0 Å². The Hall–Kier alpha value is -2.56. The number of para-hydroxylation sites is 1. The van der Waals surface area contributed by atoms with E-state index in [-0.39, 0.29) is 0 Å². The number of ketones is 1. The number of benzene rings is 1. The summed E-state index contributed by atoms with van der Waals surface area (Å²) in [6.45, 7) is 0.948. The highest BCUT2D eigenvalue weighted by Crippen LogP contribution is 2.23. The first-order valence-corrected chi connectivity index (χ1v) is 6.01. The van der Waals surface area contributed by atoms with Crippen molar-refractivity contribution in [3.05, 3.63) is 42.2 Å². The van der Waals surface area contributed by atoms with Gasteiger partial charge in [0.05, 0.1) is 5.70 Å². The molecule has 0 spiro atoms.